The molecule has 0 atom stereocenters. The maximum absolute atomic E-state index is 12.3. The largest absolute Gasteiger partial charge is 0.355 e. The van der Waals surface area contributed by atoms with Crippen molar-refractivity contribution in [3.63, 3.8) is 0 Å². The van der Waals surface area contributed by atoms with Gasteiger partial charge in [-0.2, -0.15) is 5.26 Å². The van der Waals surface area contributed by atoms with Crippen LogP contribution in [0.4, 0.5) is 0 Å². The third-order valence-electron chi connectivity index (χ3n) is 4.10. The number of hydrogen-bond donors (Lipinski definition) is 1. The summed E-state index contributed by atoms with van der Waals surface area (Å²) < 4.78 is 2.31. The molecule has 1 aliphatic heterocycles. The molecule has 0 aliphatic carbocycles. The number of fused-ring (bicyclic) bond motifs is 1. The minimum atomic E-state index is -0.660. The molecule has 1 amide bonds. The van der Waals surface area contributed by atoms with Gasteiger partial charge >= 0.3 is 5.69 Å². The number of aromatic nitrogens is 2. The maximum atomic E-state index is 12.3. The average Bonchev–Trinajstić information content (AvgIpc) is 3.01. The summed E-state index contributed by atoms with van der Waals surface area (Å²) in [4.78, 5) is 36.6. The van der Waals surface area contributed by atoms with Crippen molar-refractivity contribution in [2.45, 2.75) is 58.5 Å². The van der Waals surface area contributed by atoms with E-state index in [1.807, 2.05) is 6.07 Å². The molecule has 1 aromatic heterocycles. The molecule has 0 fully saturated rings. The molecule has 0 saturated heterocycles. The number of hydrogen-bond acceptors (Lipinski definition) is 4. The van der Waals surface area contributed by atoms with Gasteiger partial charge < -0.3 is 5.32 Å². The van der Waals surface area contributed by atoms with E-state index < -0.39 is 11.2 Å². The number of nitriles is 1. The zero-order valence-corrected chi connectivity index (χ0v) is 13.4. The van der Waals surface area contributed by atoms with Crippen LogP contribution >= 0.6 is 0 Å². The minimum absolute atomic E-state index is 0.0159. The molecule has 2 rings (SSSR count). The lowest BCUT2D eigenvalue weighted by molar-refractivity contribution is -0.121. The Labute approximate surface area is 134 Å². The smallest absolute Gasteiger partial charge is 0.331 e. The number of unbranched alkanes of at least 4 members (excludes halogenated alkanes) is 3. The molecule has 1 N–H and O–H groups in total. The van der Waals surface area contributed by atoms with E-state index >= 15 is 0 Å². The monoisotopic (exact) mass is 318 g/mol. The van der Waals surface area contributed by atoms with Gasteiger partial charge in [-0.15, -0.1) is 0 Å². The molecule has 1 aromatic rings. The first-order valence-corrected chi connectivity index (χ1v) is 8.13. The molecule has 0 spiro atoms. The molecule has 2 heterocycles. The first-order chi connectivity index (χ1) is 11.1. The third kappa shape index (κ3) is 3.70. The minimum Gasteiger partial charge on any atom is -0.355 e. The molecule has 0 bridgehead atoms. The van der Waals surface area contributed by atoms with Gasteiger partial charge in [0.05, 0.1) is 0 Å². The topological polar surface area (TPSA) is 96.9 Å². The molecule has 0 unspecified atom stereocenters. The van der Waals surface area contributed by atoms with Crippen molar-refractivity contribution in [1.82, 2.24) is 14.5 Å². The van der Waals surface area contributed by atoms with E-state index in [9.17, 15) is 19.6 Å². The second-order valence-electron chi connectivity index (χ2n) is 5.77. The lowest BCUT2D eigenvalue weighted by atomic mass is 10.2. The highest BCUT2D eigenvalue weighted by Crippen LogP contribution is 2.12. The Kier molecular flexibility index (Phi) is 5.74. The number of carbonyl (C=O) groups excluding carboxylic acids is 1. The van der Waals surface area contributed by atoms with Crippen LogP contribution in [0.2, 0.25) is 0 Å². The van der Waals surface area contributed by atoms with Gasteiger partial charge in [0.15, 0.2) is 0 Å². The van der Waals surface area contributed by atoms with Gasteiger partial charge in [-0.1, -0.05) is 26.2 Å². The lowest BCUT2D eigenvalue weighted by Gasteiger charge is -2.11. The van der Waals surface area contributed by atoms with Crippen LogP contribution < -0.4 is 16.6 Å². The van der Waals surface area contributed by atoms with Crippen LogP contribution in [0.1, 0.15) is 50.3 Å². The number of nitrogens with one attached hydrogen (secondary N) is 1. The third-order valence-corrected chi connectivity index (χ3v) is 4.10. The molecule has 7 nitrogen and oxygen atoms in total. The molecular formula is C16H22N4O3. The van der Waals surface area contributed by atoms with Crippen LogP contribution in [0.15, 0.2) is 9.59 Å². The Balaban J connectivity index is 2.12. The lowest BCUT2D eigenvalue weighted by Crippen LogP contribution is -2.45. The summed E-state index contributed by atoms with van der Waals surface area (Å²) in [6, 6.07) is 1.88. The van der Waals surface area contributed by atoms with E-state index in [4.69, 9.17) is 0 Å². The van der Waals surface area contributed by atoms with Gasteiger partial charge in [0, 0.05) is 18.8 Å². The van der Waals surface area contributed by atoms with E-state index in [0.29, 0.717) is 25.2 Å². The number of nitrogens with zero attached hydrogens (tertiary/aromatic N) is 3. The van der Waals surface area contributed by atoms with Crippen LogP contribution in [0.5, 0.6) is 0 Å². The van der Waals surface area contributed by atoms with E-state index in [2.05, 4.69) is 12.2 Å². The number of carbonyl (C=O) groups is 1. The second kappa shape index (κ2) is 7.77. The van der Waals surface area contributed by atoms with Crippen LogP contribution in [0, 0.1) is 11.3 Å². The molecule has 124 valence electrons. The summed E-state index contributed by atoms with van der Waals surface area (Å²) in [7, 11) is 0. The zero-order chi connectivity index (χ0) is 16.8. The predicted molar refractivity (Wildman–Crippen MR) is 85.1 cm³/mol. The Bertz CT molecular complexity index is 739. The van der Waals surface area contributed by atoms with Crippen molar-refractivity contribution >= 4 is 5.91 Å². The van der Waals surface area contributed by atoms with Crippen molar-refractivity contribution in [2.75, 3.05) is 6.54 Å². The fourth-order valence-electron chi connectivity index (χ4n) is 2.87. The normalized spacial score (nSPS) is 12.7. The van der Waals surface area contributed by atoms with Crippen molar-refractivity contribution < 1.29 is 4.79 Å². The zero-order valence-electron chi connectivity index (χ0n) is 13.4. The van der Waals surface area contributed by atoms with Crippen molar-refractivity contribution in [3.05, 3.63) is 32.1 Å². The first kappa shape index (κ1) is 17.0. The van der Waals surface area contributed by atoms with E-state index in [0.717, 1.165) is 36.7 Å². The standard InChI is InChI=1S/C16H22N4O3/c1-2-3-4-5-8-18-14(21)11-20-15(22)12(10-17)13-7-6-9-19(13)16(20)23/h2-9,11H2,1H3,(H,18,21). The highest BCUT2D eigenvalue weighted by atomic mass is 16.2. The Morgan fingerprint density at radius 1 is 1.30 bits per heavy atom. The van der Waals surface area contributed by atoms with Crippen molar-refractivity contribution in [2.24, 2.45) is 0 Å². The summed E-state index contributed by atoms with van der Waals surface area (Å²) in [5.41, 5.74) is -0.675. The second-order valence-corrected chi connectivity index (χ2v) is 5.77. The molecule has 7 heteroatoms. The van der Waals surface area contributed by atoms with Gasteiger partial charge in [0.25, 0.3) is 5.56 Å². The van der Waals surface area contributed by atoms with Crippen LogP contribution in [-0.2, 0) is 24.3 Å². The highest BCUT2D eigenvalue weighted by Gasteiger charge is 2.23. The summed E-state index contributed by atoms with van der Waals surface area (Å²) >= 11 is 0. The van der Waals surface area contributed by atoms with Gasteiger partial charge in [-0.25, -0.2) is 9.36 Å². The fraction of sp³-hybridized carbons (Fsp3) is 0.625. The van der Waals surface area contributed by atoms with E-state index in [1.165, 1.54) is 4.57 Å². The Morgan fingerprint density at radius 2 is 2.09 bits per heavy atom. The Morgan fingerprint density at radius 3 is 2.78 bits per heavy atom. The van der Waals surface area contributed by atoms with Gasteiger partial charge in [0.2, 0.25) is 5.91 Å². The van der Waals surface area contributed by atoms with Crippen LogP contribution in [0.3, 0.4) is 0 Å². The molecule has 0 saturated carbocycles. The molecular weight excluding hydrogens is 296 g/mol. The van der Waals surface area contributed by atoms with Gasteiger partial charge in [0.1, 0.15) is 18.2 Å². The maximum Gasteiger partial charge on any atom is 0.331 e. The molecule has 1 aliphatic rings. The summed E-state index contributed by atoms with van der Waals surface area (Å²) in [5, 5.41) is 11.9. The SMILES string of the molecule is CCCCCCNC(=O)Cn1c(=O)c(C#N)c2n(c1=O)CCC2. The molecule has 0 radical (unpaired) electrons. The van der Waals surface area contributed by atoms with E-state index in [1.54, 1.807) is 0 Å². The number of amides is 1. The summed E-state index contributed by atoms with van der Waals surface area (Å²) in [5.74, 6) is -0.372. The predicted octanol–water partition coefficient (Wildman–Crippen LogP) is 0.524. The summed E-state index contributed by atoms with van der Waals surface area (Å²) in [6.45, 7) is 2.80. The van der Waals surface area contributed by atoms with Crippen LogP contribution in [0.25, 0.3) is 0 Å². The Hall–Kier alpha value is -2.36. The van der Waals surface area contributed by atoms with Gasteiger partial charge in [-0.05, 0) is 19.3 Å². The van der Waals surface area contributed by atoms with Crippen molar-refractivity contribution in [3.8, 4) is 6.07 Å². The molecule has 0 aromatic carbocycles. The fourth-order valence-corrected chi connectivity index (χ4v) is 2.87. The first-order valence-electron chi connectivity index (χ1n) is 8.13. The molecule has 23 heavy (non-hydrogen) atoms. The van der Waals surface area contributed by atoms with Crippen molar-refractivity contribution in [1.29, 1.82) is 5.26 Å². The van der Waals surface area contributed by atoms with E-state index in [-0.39, 0.29) is 18.0 Å². The quantitative estimate of drug-likeness (QED) is 0.741. The number of rotatable bonds is 7. The average molecular weight is 318 g/mol. The van der Waals surface area contributed by atoms with Crippen LogP contribution in [-0.4, -0.2) is 21.6 Å². The van der Waals surface area contributed by atoms with Gasteiger partial charge in [-0.3, -0.25) is 14.2 Å². The highest BCUT2D eigenvalue weighted by molar-refractivity contribution is 5.75. The summed E-state index contributed by atoms with van der Waals surface area (Å²) in [6.07, 6.45) is 5.44.